The zero-order chi connectivity index (χ0) is 15.5. The van der Waals surface area contributed by atoms with Crippen molar-refractivity contribution >= 4 is 17.2 Å². The Bertz CT molecular complexity index is 590. The Morgan fingerprint density at radius 1 is 1.23 bits per heavy atom. The standard InChI is InChI=1S/C17H23N3O2/c1-19-6-8-20(9-7-19)14-2-3-15(17(18)21)16(12-14)13-4-10-22-11-5-13/h2-4,12H,5-11H2,1H3,(H2,18,21). The number of piperazine rings is 1. The number of rotatable bonds is 3. The zero-order valence-corrected chi connectivity index (χ0v) is 13.0. The van der Waals surface area contributed by atoms with E-state index in [9.17, 15) is 4.79 Å². The highest BCUT2D eigenvalue weighted by atomic mass is 16.5. The third-order valence-corrected chi connectivity index (χ3v) is 4.45. The largest absolute Gasteiger partial charge is 0.377 e. The van der Waals surface area contributed by atoms with E-state index in [1.165, 1.54) is 5.69 Å². The first kappa shape index (κ1) is 15.1. The van der Waals surface area contributed by atoms with Crippen LogP contribution in [0.3, 0.4) is 0 Å². The number of nitrogens with zero attached hydrogens (tertiary/aromatic N) is 2. The Morgan fingerprint density at radius 3 is 2.64 bits per heavy atom. The van der Waals surface area contributed by atoms with Crippen molar-refractivity contribution in [2.24, 2.45) is 5.73 Å². The van der Waals surface area contributed by atoms with Crippen LogP contribution < -0.4 is 10.6 Å². The van der Waals surface area contributed by atoms with Gasteiger partial charge in [-0.25, -0.2) is 0 Å². The number of carbonyl (C=O) groups is 1. The van der Waals surface area contributed by atoms with Crippen molar-refractivity contribution in [2.75, 3.05) is 51.3 Å². The van der Waals surface area contributed by atoms with Crippen molar-refractivity contribution in [2.45, 2.75) is 6.42 Å². The maximum absolute atomic E-state index is 11.7. The minimum atomic E-state index is -0.368. The molecule has 0 saturated carbocycles. The molecule has 118 valence electrons. The van der Waals surface area contributed by atoms with Gasteiger partial charge >= 0.3 is 0 Å². The third-order valence-electron chi connectivity index (χ3n) is 4.45. The molecule has 0 unspecified atom stereocenters. The predicted octanol–water partition coefficient (Wildman–Crippen LogP) is 1.34. The van der Waals surface area contributed by atoms with Gasteiger partial charge < -0.3 is 20.3 Å². The van der Waals surface area contributed by atoms with Gasteiger partial charge in [0.1, 0.15) is 0 Å². The Kier molecular flexibility index (Phi) is 4.45. The lowest BCUT2D eigenvalue weighted by molar-refractivity contribution is 0.1000. The van der Waals surface area contributed by atoms with Crippen LogP contribution in [-0.4, -0.2) is 57.2 Å². The van der Waals surface area contributed by atoms with Crippen molar-refractivity contribution in [1.82, 2.24) is 4.90 Å². The topological polar surface area (TPSA) is 58.8 Å². The molecule has 1 aromatic carbocycles. The van der Waals surface area contributed by atoms with Gasteiger partial charge in [0.15, 0.2) is 0 Å². The van der Waals surface area contributed by atoms with Crippen molar-refractivity contribution in [3.63, 3.8) is 0 Å². The van der Waals surface area contributed by atoms with Crippen LogP contribution in [0.1, 0.15) is 22.3 Å². The molecule has 1 amide bonds. The van der Waals surface area contributed by atoms with Crippen LogP contribution in [0.5, 0.6) is 0 Å². The molecule has 0 atom stereocenters. The van der Waals surface area contributed by atoms with E-state index < -0.39 is 0 Å². The fourth-order valence-electron chi connectivity index (χ4n) is 3.05. The van der Waals surface area contributed by atoms with Crippen LogP contribution in [0.4, 0.5) is 5.69 Å². The van der Waals surface area contributed by atoms with E-state index in [1.807, 2.05) is 12.1 Å². The number of primary amides is 1. The molecule has 2 aliphatic rings. The third kappa shape index (κ3) is 3.15. The number of hydrogen-bond donors (Lipinski definition) is 1. The molecule has 0 bridgehead atoms. The normalized spacial score (nSPS) is 19.9. The van der Waals surface area contributed by atoms with Gasteiger partial charge in [-0.3, -0.25) is 4.79 Å². The molecule has 0 aliphatic carbocycles. The molecule has 3 rings (SSSR count). The quantitative estimate of drug-likeness (QED) is 0.915. The van der Waals surface area contributed by atoms with Gasteiger partial charge in [-0.05, 0) is 42.8 Å². The Hall–Kier alpha value is -1.85. The van der Waals surface area contributed by atoms with Crippen LogP contribution >= 0.6 is 0 Å². The second-order valence-corrected chi connectivity index (χ2v) is 5.94. The van der Waals surface area contributed by atoms with Crippen LogP contribution in [-0.2, 0) is 4.74 Å². The van der Waals surface area contributed by atoms with Gasteiger partial charge in [-0.1, -0.05) is 6.08 Å². The Labute approximate surface area is 131 Å². The van der Waals surface area contributed by atoms with E-state index in [4.69, 9.17) is 10.5 Å². The van der Waals surface area contributed by atoms with Gasteiger partial charge in [-0.2, -0.15) is 0 Å². The smallest absolute Gasteiger partial charge is 0.249 e. The highest BCUT2D eigenvalue weighted by Crippen LogP contribution is 2.29. The van der Waals surface area contributed by atoms with E-state index in [-0.39, 0.29) is 5.91 Å². The summed E-state index contributed by atoms with van der Waals surface area (Å²) < 4.78 is 5.37. The molecule has 5 nitrogen and oxygen atoms in total. The number of anilines is 1. The number of ether oxygens (including phenoxy) is 1. The number of hydrogen-bond acceptors (Lipinski definition) is 4. The summed E-state index contributed by atoms with van der Waals surface area (Å²) >= 11 is 0. The molecule has 22 heavy (non-hydrogen) atoms. The first-order valence-electron chi connectivity index (χ1n) is 7.79. The van der Waals surface area contributed by atoms with Crippen molar-refractivity contribution in [3.05, 3.63) is 35.4 Å². The fourth-order valence-corrected chi connectivity index (χ4v) is 3.05. The first-order valence-corrected chi connectivity index (χ1v) is 7.79. The SMILES string of the molecule is CN1CCN(c2ccc(C(N)=O)c(C3=CCOCC3)c2)CC1. The van der Waals surface area contributed by atoms with Crippen molar-refractivity contribution < 1.29 is 9.53 Å². The lowest BCUT2D eigenvalue weighted by Gasteiger charge is -2.34. The predicted molar refractivity (Wildman–Crippen MR) is 88.1 cm³/mol. The molecule has 2 aliphatic heterocycles. The summed E-state index contributed by atoms with van der Waals surface area (Å²) in [5, 5.41) is 0. The Morgan fingerprint density at radius 2 is 2.00 bits per heavy atom. The van der Waals surface area contributed by atoms with Crippen molar-refractivity contribution in [1.29, 1.82) is 0 Å². The minimum Gasteiger partial charge on any atom is -0.377 e. The van der Waals surface area contributed by atoms with E-state index in [0.29, 0.717) is 18.8 Å². The molecule has 1 saturated heterocycles. The van der Waals surface area contributed by atoms with Crippen LogP contribution in [0.15, 0.2) is 24.3 Å². The number of benzene rings is 1. The second-order valence-electron chi connectivity index (χ2n) is 5.94. The number of nitrogens with two attached hydrogens (primary N) is 1. The average Bonchev–Trinajstić information content (AvgIpc) is 2.56. The summed E-state index contributed by atoms with van der Waals surface area (Å²) in [6.45, 7) is 5.43. The summed E-state index contributed by atoms with van der Waals surface area (Å²) in [7, 11) is 2.14. The lowest BCUT2D eigenvalue weighted by atomic mass is 9.95. The molecule has 0 radical (unpaired) electrons. The van der Waals surface area contributed by atoms with E-state index in [2.05, 4.69) is 29.0 Å². The van der Waals surface area contributed by atoms with Crippen LogP contribution in [0.25, 0.3) is 5.57 Å². The lowest BCUT2D eigenvalue weighted by Crippen LogP contribution is -2.44. The monoisotopic (exact) mass is 301 g/mol. The molecule has 0 spiro atoms. The molecule has 2 heterocycles. The zero-order valence-electron chi connectivity index (χ0n) is 13.0. The van der Waals surface area contributed by atoms with Crippen LogP contribution in [0.2, 0.25) is 0 Å². The molecular weight excluding hydrogens is 278 g/mol. The summed E-state index contributed by atoms with van der Waals surface area (Å²) in [5.74, 6) is -0.368. The fraction of sp³-hybridized carbons (Fsp3) is 0.471. The molecular formula is C17H23N3O2. The van der Waals surface area contributed by atoms with Gasteiger partial charge in [-0.15, -0.1) is 0 Å². The van der Waals surface area contributed by atoms with E-state index in [1.54, 1.807) is 0 Å². The number of likely N-dealkylation sites (N-methyl/N-ethyl adjacent to an activating group) is 1. The summed E-state index contributed by atoms with van der Waals surface area (Å²) in [6, 6.07) is 5.99. The van der Waals surface area contributed by atoms with Gasteiger partial charge in [0, 0.05) is 37.4 Å². The van der Waals surface area contributed by atoms with Crippen LogP contribution in [0, 0.1) is 0 Å². The minimum absolute atomic E-state index is 0.368. The summed E-state index contributed by atoms with van der Waals surface area (Å²) in [5.41, 5.74) is 9.45. The maximum atomic E-state index is 11.7. The highest BCUT2D eigenvalue weighted by Gasteiger charge is 2.19. The molecule has 2 N–H and O–H groups in total. The Balaban J connectivity index is 1.93. The van der Waals surface area contributed by atoms with Gasteiger partial charge in [0.2, 0.25) is 5.91 Å². The molecule has 1 fully saturated rings. The first-order chi connectivity index (χ1) is 10.6. The average molecular weight is 301 g/mol. The number of carbonyl (C=O) groups excluding carboxylic acids is 1. The molecule has 5 heteroatoms. The molecule has 0 aromatic heterocycles. The molecule has 1 aromatic rings. The number of amides is 1. The van der Waals surface area contributed by atoms with E-state index >= 15 is 0 Å². The van der Waals surface area contributed by atoms with Crippen molar-refractivity contribution in [3.8, 4) is 0 Å². The van der Waals surface area contributed by atoms with Gasteiger partial charge in [0.05, 0.1) is 13.2 Å². The summed E-state index contributed by atoms with van der Waals surface area (Å²) in [6.07, 6.45) is 2.88. The maximum Gasteiger partial charge on any atom is 0.249 e. The highest BCUT2D eigenvalue weighted by molar-refractivity contribution is 5.98. The van der Waals surface area contributed by atoms with Gasteiger partial charge in [0.25, 0.3) is 0 Å². The second kappa shape index (κ2) is 6.50. The summed E-state index contributed by atoms with van der Waals surface area (Å²) in [4.78, 5) is 16.4. The van der Waals surface area contributed by atoms with E-state index in [0.717, 1.165) is 43.7 Å².